The van der Waals surface area contributed by atoms with E-state index in [1.54, 1.807) is 0 Å². The predicted molar refractivity (Wildman–Crippen MR) is 303 cm³/mol. The van der Waals surface area contributed by atoms with Crippen LogP contribution in [0.15, 0.2) is 9.98 Å². The molecule has 11 amide bonds. The molecule has 1 heterocycles. The van der Waals surface area contributed by atoms with E-state index in [1.807, 2.05) is 0 Å². The molecule has 0 aromatic rings. The highest BCUT2D eigenvalue weighted by Gasteiger charge is 2.39. The van der Waals surface area contributed by atoms with Crippen LogP contribution in [0.25, 0.3) is 0 Å². The minimum atomic E-state index is -1.68. The average molecular weight is 1200 g/mol. The second-order valence-electron chi connectivity index (χ2n) is 20.0. The number of nitrogens with two attached hydrogens (primary N) is 8. The van der Waals surface area contributed by atoms with Crippen LogP contribution in [0.5, 0.6) is 0 Å². The van der Waals surface area contributed by atoms with Crippen LogP contribution in [0.4, 0.5) is 0 Å². The number of hydrogen-bond acceptors (Lipinski definition) is 19. The Morgan fingerprint density at radius 2 is 1.06 bits per heavy atom. The summed E-state index contributed by atoms with van der Waals surface area (Å²) in [6.07, 6.45) is 1.02. The number of aliphatic hydroxyl groups is 2. The third-order valence-corrected chi connectivity index (χ3v) is 12.9. The second kappa shape index (κ2) is 40.2. The second-order valence-corrected chi connectivity index (χ2v) is 20.0. The van der Waals surface area contributed by atoms with Gasteiger partial charge in [-0.25, -0.2) is 4.79 Å². The Labute approximate surface area is 486 Å². The maximum absolute atomic E-state index is 14.1. The van der Waals surface area contributed by atoms with Crippen LogP contribution in [0.2, 0.25) is 0 Å². The van der Waals surface area contributed by atoms with E-state index in [4.69, 9.17) is 45.9 Å². The number of rotatable bonds is 42. The van der Waals surface area contributed by atoms with Crippen LogP contribution in [0.3, 0.4) is 0 Å². The molecule has 0 spiro atoms. The van der Waals surface area contributed by atoms with Gasteiger partial charge in [0.1, 0.15) is 48.3 Å². The summed E-state index contributed by atoms with van der Waals surface area (Å²) in [5, 5.41) is 51.3. The lowest BCUT2D eigenvalue weighted by Gasteiger charge is -2.30. The topological polar surface area (TPSA) is 610 Å². The number of amides is 11. The number of nitrogens with one attached hydrogen (secondary N) is 9. The van der Waals surface area contributed by atoms with Gasteiger partial charge in [-0.2, -0.15) is 0 Å². The summed E-state index contributed by atoms with van der Waals surface area (Å²) in [6, 6.07) is -12.3. The van der Waals surface area contributed by atoms with Crippen LogP contribution in [-0.2, 0) is 57.5 Å². The molecule has 0 aromatic heterocycles. The van der Waals surface area contributed by atoms with E-state index < -0.39 is 151 Å². The van der Waals surface area contributed by atoms with Crippen molar-refractivity contribution >= 4 is 82.9 Å². The lowest BCUT2D eigenvalue weighted by Crippen LogP contribution is -2.59. The van der Waals surface area contributed by atoms with Crippen molar-refractivity contribution in [2.45, 2.75) is 171 Å². The Hall–Kier alpha value is -8.02. The Morgan fingerprint density at radius 1 is 0.560 bits per heavy atom. The molecule has 0 aromatic carbocycles. The van der Waals surface area contributed by atoms with E-state index in [2.05, 4.69) is 57.8 Å². The highest BCUT2D eigenvalue weighted by Crippen LogP contribution is 2.20. The van der Waals surface area contributed by atoms with Crippen molar-refractivity contribution in [2.24, 2.45) is 55.9 Å². The van der Waals surface area contributed by atoms with Crippen LogP contribution < -0.4 is 93.7 Å². The van der Waals surface area contributed by atoms with E-state index in [1.165, 1.54) is 11.8 Å². The fourth-order valence-corrected chi connectivity index (χ4v) is 8.29. The number of likely N-dealkylation sites (tertiary alicyclic amines) is 1. The average Bonchev–Trinajstić information content (AvgIpc) is 4.18. The Bertz CT molecular complexity index is 2270. The van der Waals surface area contributed by atoms with E-state index >= 15 is 0 Å². The van der Waals surface area contributed by atoms with Gasteiger partial charge in [-0.15, -0.1) is 0 Å². The van der Waals surface area contributed by atoms with E-state index in [-0.39, 0.29) is 95.9 Å². The zero-order chi connectivity index (χ0) is 63.5. The Balaban J connectivity index is 3.17. The van der Waals surface area contributed by atoms with Crippen molar-refractivity contribution < 1.29 is 72.9 Å². The number of carbonyl (C=O) groups is 12. The molecule has 0 bridgehead atoms. The summed E-state index contributed by atoms with van der Waals surface area (Å²) in [5.41, 5.74) is 43.9. The van der Waals surface area contributed by atoms with Crippen LogP contribution >= 0.6 is 0 Å². The van der Waals surface area contributed by atoms with Gasteiger partial charge in [0.2, 0.25) is 65.0 Å². The summed E-state index contributed by atoms with van der Waals surface area (Å²) in [7, 11) is 0. The number of primary amides is 1. The van der Waals surface area contributed by atoms with Gasteiger partial charge in [0.25, 0.3) is 0 Å². The van der Waals surface area contributed by atoms with Gasteiger partial charge in [0, 0.05) is 26.1 Å². The van der Waals surface area contributed by atoms with Crippen molar-refractivity contribution in [1.82, 2.24) is 52.8 Å². The number of guanidine groups is 2. The number of nitrogens with zero attached hydrogens (tertiary/aromatic N) is 3. The first-order valence-corrected chi connectivity index (χ1v) is 27.7. The molecule has 1 aliphatic heterocycles. The fraction of sp³-hybridized carbons (Fsp3) is 0.714. The fourth-order valence-electron chi connectivity index (χ4n) is 8.29. The third-order valence-electron chi connectivity index (χ3n) is 12.9. The smallest absolute Gasteiger partial charge is 0.326 e. The van der Waals surface area contributed by atoms with Gasteiger partial charge < -0.3 is 114 Å². The third kappa shape index (κ3) is 29.3. The molecular formula is C49H90N20O15. The van der Waals surface area contributed by atoms with Gasteiger partial charge in [0.05, 0.1) is 31.8 Å². The number of carboxylic acid groups (broad SMARTS) is 1. The van der Waals surface area contributed by atoms with Gasteiger partial charge in [-0.05, 0) is 110 Å². The molecule has 0 saturated carbocycles. The lowest BCUT2D eigenvalue weighted by atomic mass is 10.0. The summed E-state index contributed by atoms with van der Waals surface area (Å²) in [6.45, 7) is 0.977. The molecule has 35 nitrogen and oxygen atoms in total. The number of hydrogen-bond donors (Lipinski definition) is 20. The molecule has 0 unspecified atom stereocenters. The summed E-state index contributed by atoms with van der Waals surface area (Å²) in [5.74, 6) is -11.4. The number of aliphatic imine (C=N–C) groups is 2. The summed E-state index contributed by atoms with van der Waals surface area (Å²) >= 11 is 0. The Morgan fingerprint density at radius 3 is 1.62 bits per heavy atom. The molecule has 1 rings (SSSR count). The van der Waals surface area contributed by atoms with Crippen LogP contribution in [0.1, 0.15) is 110 Å². The molecular weight excluding hydrogens is 1110 g/mol. The number of aliphatic hydroxyl groups excluding tert-OH is 2. The highest BCUT2D eigenvalue weighted by atomic mass is 16.4. The predicted octanol–water partition coefficient (Wildman–Crippen LogP) is -9.57. The van der Waals surface area contributed by atoms with E-state index in [0.717, 1.165) is 6.92 Å². The number of aliphatic carboxylic acids is 1. The molecule has 1 aliphatic rings. The molecule has 10 atom stereocenters. The lowest BCUT2D eigenvalue weighted by molar-refractivity contribution is -0.143. The SMILES string of the molecule is C[C@H](NC(=O)[C@H](CCCCN=C(N)N)NC(=O)CNC(=O)CNC(=O)[C@@H](NC(=O)[C@H](CO)NC(=O)[C@@H](N)CCCCN)[C@@H](C)O)C(=O)N1CCC[C@H]1C(=O)N[C@@H](CCCN=C(N)N)C(=O)N[C@@H](CCCCN)C(=O)N[C@@H](CCC(N)=O)C(=O)O. The van der Waals surface area contributed by atoms with E-state index in [0.29, 0.717) is 45.1 Å². The van der Waals surface area contributed by atoms with Crippen molar-refractivity contribution in [3.05, 3.63) is 0 Å². The number of carboxylic acids is 1. The van der Waals surface area contributed by atoms with Gasteiger partial charge in [-0.1, -0.05) is 6.42 Å². The largest absolute Gasteiger partial charge is 0.480 e. The first-order valence-electron chi connectivity index (χ1n) is 27.7. The van der Waals surface area contributed by atoms with Crippen LogP contribution in [-0.4, -0.2) is 216 Å². The normalized spacial score (nSPS) is 15.9. The molecule has 1 saturated heterocycles. The first kappa shape index (κ1) is 74.0. The maximum Gasteiger partial charge on any atom is 0.326 e. The zero-order valence-corrected chi connectivity index (χ0v) is 47.7. The van der Waals surface area contributed by atoms with Gasteiger partial charge >= 0.3 is 5.97 Å². The number of carbonyl (C=O) groups excluding carboxylic acids is 11. The van der Waals surface area contributed by atoms with Crippen LogP contribution in [0, 0.1) is 0 Å². The Kier molecular flexibility index (Phi) is 35.4. The molecule has 476 valence electrons. The minimum Gasteiger partial charge on any atom is -0.480 e. The highest BCUT2D eigenvalue weighted by molar-refractivity contribution is 5.98. The molecule has 28 N–H and O–H groups in total. The van der Waals surface area contributed by atoms with E-state index in [9.17, 15) is 72.9 Å². The zero-order valence-electron chi connectivity index (χ0n) is 47.7. The molecule has 35 heteroatoms. The van der Waals surface area contributed by atoms with Crippen molar-refractivity contribution in [3.8, 4) is 0 Å². The maximum atomic E-state index is 14.1. The number of unbranched alkanes of at least 4 members (excludes halogenated alkanes) is 3. The molecule has 0 radical (unpaired) electrons. The molecule has 1 fully saturated rings. The van der Waals surface area contributed by atoms with Crippen molar-refractivity contribution in [2.75, 3.05) is 52.4 Å². The standard InChI is InChI=1S/C49H90N20O15/c1-26(46(82)69-22-10-15-34(69)44(80)65-31(14-9-21-59-49(56)57)41(77)64-30(12-4-7-19-51)42(78)66-32(47(83)84)16-17-35(53)72)62-40(76)29(13-5-8-20-58-48(54)55)63-37(74)24-60-36(73)23-61-45(81)38(27(2)71)68-43(79)33(25-70)67-39(75)28(52)11-3-6-18-50/h26-34,38,70-71H,3-25,50-52H2,1-2H3,(H2,53,72)(H,60,73)(H,61,81)(H,62,76)(H,63,74)(H,64,77)(H,65,80)(H,66,78)(H,67,75)(H,68,79)(H,83,84)(H4,54,55,58)(H4,56,57,59)/t26-,27+,28-,29-,30-,31-,32-,33-,34-,38-/m0/s1. The molecule has 0 aliphatic carbocycles. The monoisotopic (exact) mass is 1200 g/mol. The summed E-state index contributed by atoms with van der Waals surface area (Å²) < 4.78 is 0. The minimum absolute atomic E-state index is 0.00584. The molecule has 84 heavy (non-hydrogen) atoms. The first-order chi connectivity index (χ1) is 39.7. The van der Waals surface area contributed by atoms with Crippen molar-refractivity contribution in [1.29, 1.82) is 0 Å². The summed E-state index contributed by atoms with van der Waals surface area (Å²) in [4.78, 5) is 166. The quantitative estimate of drug-likeness (QED) is 0.0153. The van der Waals surface area contributed by atoms with Gasteiger partial charge in [0.15, 0.2) is 11.9 Å². The van der Waals surface area contributed by atoms with Gasteiger partial charge in [-0.3, -0.25) is 62.7 Å². The van der Waals surface area contributed by atoms with Crippen molar-refractivity contribution in [3.63, 3.8) is 0 Å².